The van der Waals surface area contributed by atoms with Crippen LogP contribution in [0.4, 0.5) is 10.5 Å². The molecule has 1 N–H and O–H groups in total. The number of amides is 1. The number of aromatic nitrogens is 2. The van der Waals surface area contributed by atoms with E-state index in [1.807, 2.05) is 63.2 Å². The zero-order valence-corrected chi connectivity index (χ0v) is 20.0. The molecule has 4 rings (SSSR count). The van der Waals surface area contributed by atoms with Crippen molar-refractivity contribution in [3.63, 3.8) is 0 Å². The molecule has 0 radical (unpaired) electrons. The van der Waals surface area contributed by atoms with Crippen molar-refractivity contribution in [1.82, 2.24) is 14.3 Å². The Labute approximate surface area is 194 Å². The SMILES string of the molecule is CC(C)c1nc2ccccn2c(=O)c1-c1ccc(NC2CCN(C(=O)OC(C)(C)C)C2)cc1. The smallest absolute Gasteiger partial charge is 0.410 e. The Hall–Kier alpha value is -3.35. The molecule has 1 aliphatic rings. The van der Waals surface area contributed by atoms with Gasteiger partial charge in [0.05, 0.1) is 11.3 Å². The highest BCUT2D eigenvalue weighted by atomic mass is 16.6. The lowest BCUT2D eigenvalue weighted by molar-refractivity contribution is 0.0293. The van der Waals surface area contributed by atoms with Crippen molar-refractivity contribution in [2.24, 2.45) is 0 Å². The second-order valence-electron chi connectivity index (χ2n) is 9.89. The lowest BCUT2D eigenvalue weighted by Gasteiger charge is -2.24. The Morgan fingerprint density at radius 3 is 2.55 bits per heavy atom. The number of carbonyl (C=O) groups excluding carboxylic acids is 1. The number of hydrogen-bond donors (Lipinski definition) is 1. The van der Waals surface area contributed by atoms with Crippen molar-refractivity contribution in [3.05, 3.63) is 64.7 Å². The molecule has 1 aliphatic heterocycles. The standard InChI is InChI=1S/C26H32N4O3/c1-17(2)23-22(24(31)30-14-7-6-8-21(30)28-23)18-9-11-19(12-10-18)27-20-13-15-29(16-20)25(32)33-26(3,4)5/h6-12,14,17,20,27H,13,15-16H2,1-5H3. The van der Waals surface area contributed by atoms with Gasteiger partial charge in [-0.1, -0.05) is 32.0 Å². The molecule has 0 saturated carbocycles. The van der Waals surface area contributed by atoms with E-state index in [2.05, 4.69) is 19.2 Å². The minimum Gasteiger partial charge on any atom is -0.444 e. The molecule has 33 heavy (non-hydrogen) atoms. The van der Waals surface area contributed by atoms with Gasteiger partial charge in [-0.15, -0.1) is 0 Å². The average Bonchev–Trinajstić information content (AvgIpc) is 3.22. The first-order valence-electron chi connectivity index (χ1n) is 11.5. The third kappa shape index (κ3) is 5.02. The van der Waals surface area contributed by atoms with Crippen LogP contribution in [0.15, 0.2) is 53.5 Å². The number of rotatable bonds is 4. The summed E-state index contributed by atoms with van der Waals surface area (Å²) in [6.07, 6.45) is 2.34. The first-order valence-corrected chi connectivity index (χ1v) is 11.5. The molecule has 3 heterocycles. The second-order valence-corrected chi connectivity index (χ2v) is 9.89. The molecule has 1 fully saturated rings. The van der Waals surface area contributed by atoms with Crippen LogP contribution < -0.4 is 10.9 Å². The van der Waals surface area contributed by atoms with Crippen molar-refractivity contribution in [3.8, 4) is 11.1 Å². The number of hydrogen-bond acceptors (Lipinski definition) is 5. The van der Waals surface area contributed by atoms with Crippen LogP contribution in [0.5, 0.6) is 0 Å². The molecule has 0 spiro atoms. The van der Waals surface area contributed by atoms with E-state index in [1.54, 1.807) is 15.5 Å². The quantitative estimate of drug-likeness (QED) is 0.614. The third-order valence-corrected chi connectivity index (χ3v) is 5.69. The number of carbonyl (C=O) groups is 1. The van der Waals surface area contributed by atoms with Crippen LogP contribution in [-0.4, -0.2) is 45.1 Å². The minimum atomic E-state index is -0.496. The van der Waals surface area contributed by atoms with Crippen LogP contribution in [-0.2, 0) is 4.74 Å². The molecule has 1 amide bonds. The number of fused-ring (bicyclic) bond motifs is 1. The molecule has 1 saturated heterocycles. The molecule has 3 aromatic rings. The zero-order chi connectivity index (χ0) is 23.8. The molecule has 7 heteroatoms. The Balaban J connectivity index is 1.52. The number of nitrogens with one attached hydrogen (secondary N) is 1. The summed E-state index contributed by atoms with van der Waals surface area (Å²) >= 11 is 0. The van der Waals surface area contributed by atoms with E-state index in [4.69, 9.17) is 9.72 Å². The number of benzene rings is 1. The van der Waals surface area contributed by atoms with E-state index in [9.17, 15) is 9.59 Å². The molecule has 1 aromatic carbocycles. The first-order chi connectivity index (χ1) is 15.6. The number of nitrogens with zero attached hydrogens (tertiary/aromatic N) is 3. The van der Waals surface area contributed by atoms with Crippen molar-refractivity contribution in [1.29, 1.82) is 0 Å². The fraction of sp³-hybridized carbons (Fsp3) is 0.423. The highest BCUT2D eigenvalue weighted by molar-refractivity contribution is 5.70. The predicted molar refractivity (Wildman–Crippen MR) is 131 cm³/mol. The van der Waals surface area contributed by atoms with Gasteiger partial charge in [-0.25, -0.2) is 9.78 Å². The Kier molecular flexibility index (Phi) is 6.15. The molecule has 174 valence electrons. The molecule has 7 nitrogen and oxygen atoms in total. The minimum absolute atomic E-state index is 0.0613. The summed E-state index contributed by atoms with van der Waals surface area (Å²) in [6.45, 7) is 11.0. The Bertz CT molecular complexity index is 1210. The molecule has 1 unspecified atom stereocenters. The Morgan fingerprint density at radius 2 is 1.88 bits per heavy atom. The summed E-state index contributed by atoms with van der Waals surface area (Å²) in [5.74, 6) is 0.119. The van der Waals surface area contributed by atoms with Gasteiger partial charge in [0, 0.05) is 31.0 Å². The topological polar surface area (TPSA) is 75.9 Å². The monoisotopic (exact) mass is 448 g/mol. The van der Waals surface area contributed by atoms with Gasteiger partial charge in [-0.05, 0) is 62.9 Å². The van der Waals surface area contributed by atoms with Gasteiger partial charge in [0.25, 0.3) is 5.56 Å². The van der Waals surface area contributed by atoms with Crippen LogP contribution in [0.2, 0.25) is 0 Å². The van der Waals surface area contributed by atoms with Crippen LogP contribution >= 0.6 is 0 Å². The molecular formula is C26H32N4O3. The fourth-order valence-electron chi connectivity index (χ4n) is 4.13. The lowest BCUT2D eigenvalue weighted by Crippen LogP contribution is -2.36. The summed E-state index contributed by atoms with van der Waals surface area (Å²) in [6, 6.07) is 13.6. The number of ether oxygens (including phenoxy) is 1. The summed E-state index contributed by atoms with van der Waals surface area (Å²) in [7, 11) is 0. The first kappa shape index (κ1) is 22.8. The van der Waals surface area contributed by atoms with E-state index in [0.717, 1.165) is 23.4 Å². The van der Waals surface area contributed by atoms with Gasteiger partial charge in [0.1, 0.15) is 11.2 Å². The summed E-state index contributed by atoms with van der Waals surface area (Å²) < 4.78 is 7.07. The van der Waals surface area contributed by atoms with E-state index in [0.29, 0.717) is 24.3 Å². The van der Waals surface area contributed by atoms with E-state index in [-0.39, 0.29) is 23.6 Å². The van der Waals surface area contributed by atoms with Crippen LogP contribution in [0.25, 0.3) is 16.8 Å². The number of anilines is 1. The van der Waals surface area contributed by atoms with Crippen molar-refractivity contribution in [2.45, 2.75) is 58.6 Å². The van der Waals surface area contributed by atoms with E-state index < -0.39 is 5.60 Å². The summed E-state index contributed by atoms with van der Waals surface area (Å²) in [4.78, 5) is 32.1. The largest absolute Gasteiger partial charge is 0.444 e. The number of likely N-dealkylation sites (tertiary alicyclic amines) is 1. The molecule has 2 aromatic heterocycles. The molecular weight excluding hydrogens is 416 g/mol. The molecule has 0 bridgehead atoms. The number of pyridine rings is 1. The maximum absolute atomic E-state index is 13.3. The van der Waals surface area contributed by atoms with E-state index in [1.165, 1.54) is 0 Å². The van der Waals surface area contributed by atoms with Crippen LogP contribution in [0.1, 0.15) is 52.7 Å². The average molecular weight is 449 g/mol. The van der Waals surface area contributed by atoms with Gasteiger partial charge in [0.2, 0.25) is 0 Å². The molecule has 0 aliphatic carbocycles. The third-order valence-electron chi connectivity index (χ3n) is 5.69. The highest BCUT2D eigenvalue weighted by Gasteiger charge is 2.29. The summed E-state index contributed by atoms with van der Waals surface area (Å²) in [5.41, 5.74) is 3.34. The summed E-state index contributed by atoms with van der Waals surface area (Å²) in [5, 5.41) is 3.50. The lowest BCUT2D eigenvalue weighted by atomic mass is 9.98. The normalized spacial score (nSPS) is 16.4. The van der Waals surface area contributed by atoms with Crippen LogP contribution in [0, 0.1) is 0 Å². The maximum Gasteiger partial charge on any atom is 0.410 e. The van der Waals surface area contributed by atoms with Gasteiger partial charge in [-0.2, -0.15) is 0 Å². The maximum atomic E-state index is 13.3. The van der Waals surface area contributed by atoms with Gasteiger partial charge in [-0.3, -0.25) is 9.20 Å². The fourth-order valence-corrected chi connectivity index (χ4v) is 4.13. The van der Waals surface area contributed by atoms with E-state index >= 15 is 0 Å². The predicted octanol–water partition coefficient (Wildman–Crippen LogP) is 4.91. The van der Waals surface area contributed by atoms with Crippen molar-refractivity contribution >= 4 is 17.4 Å². The van der Waals surface area contributed by atoms with Crippen molar-refractivity contribution < 1.29 is 9.53 Å². The highest BCUT2D eigenvalue weighted by Crippen LogP contribution is 2.27. The van der Waals surface area contributed by atoms with Gasteiger partial charge < -0.3 is 15.0 Å². The Morgan fingerprint density at radius 1 is 1.15 bits per heavy atom. The zero-order valence-electron chi connectivity index (χ0n) is 20.0. The van der Waals surface area contributed by atoms with Gasteiger partial charge >= 0.3 is 6.09 Å². The van der Waals surface area contributed by atoms with Crippen molar-refractivity contribution in [2.75, 3.05) is 18.4 Å². The molecule has 1 atom stereocenters. The van der Waals surface area contributed by atoms with Gasteiger partial charge in [0.15, 0.2) is 0 Å². The van der Waals surface area contributed by atoms with Crippen LogP contribution in [0.3, 0.4) is 0 Å². The second kappa shape index (κ2) is 8.89.